The summed E-state index contributed by atoms with van der Waals surface area (Å²) in [6.07, 6.45) is 10.9. The van der Waals surface area contributed by atoms with Crippen LogP contribution in [0.1, 0.15) is 79.7 Å². The molecule has 0 radical (unpaired) electrons. The number of hydrogen-bond acceptors (Lipinski definition) is 3. The molecule has 5 heteroatoms. The van der Waals surface area contributed by atoms with Crippen LogP contribution in [0.3, 0.4) is 0 Å². The van der Waals surface area contributed by atoms with Crippen molar-refractivity contribution in [2.45, 2.75) is 92.3 Å². The Kier molecular flexibility index (Phi) is 12.2. The van der Waals surface area contributed by atoms with E-state index in [4.69, 9.17) is 21.1 Å². The molecule has 2 rings (SSSR count). The minimum atomic E-state index is -0.176. The number of epoxide rings is 1. The van der Waals surface area contributed by atoms with E-state index in [1.165, 1.54) is 12.0 Å². The molecule has 1 saturated heterocycles. The van der Waals surface area contributed by atoms with Crippen molar-refractivity contribution in [3.63, 3.8) is 0 Å². The summed E-state index contributed by atoms with van der Waals surface area (Å²) >= 11 is 6.56. The van der Waals surface area contributed by atoms with Crippen molar-refractivity contribution in [1.82, 2.24) is 0 Å². The summed E-state index contributed by atoms with van der Waals surface area (Å²) in [5, 5.41) is 0.458. The number of rotatable bonds is 11. The summed E-state index contributed by atoms with van der Waals surface area (Å²) < 4.78 is 11.1. The van der Waals surface area contributed by atoms with Gasteiger partial charge in [0, 0.05) is 13.5 Å². The number of benzene rings is 1. The third-order valence-electron chi connectivity index (χ3n) is 6.35. The van der Waals surface area contributed by atoms with Crippen molar-refractivity contribution >= 4 is 23.2 Å². The lowest BCUT2D eigenvalue weighted by Crippen LogP contribution is -2.28. The Hall–Kier alpha value is -1.78. The van der Waals surface area contributed by atoms with E-state index in [0.29, 0.717) is 35.2 Å². The predicted molar refractivity (Wildman–Crippen MR) is 142 cm³/mol. The summed E-state index contributed by atoms with van der Waals surface area (Å²) in [7, 11) is 3.37. The molecule has 186 valence electrons. The fourth-order valence-electron chi connectivity index (χ4n) is 3.51. The summed E-state index contributed by atoms with van der Waals surface area (Å²) in [6, 6.07) is 3.94. The molecule has 1 amide bonds. The van der Waals surface area contributed by atoms with E-state index in [1.807, 2.05) is 39.8 Å². The Morgan fingerprint density at radius 1 is 1.36 bits per heavy atom. The van der Waals surface area contributed by atoms with Crippen LogP contribution in [0.25, 0.3) is 0 Å². The maximum Gasteiger partial charge on any atom is 0.226 e. The standard InChI is InChI=1S/C26H38ClNO3.C2H6/c1-8-18(2)11-9-10-12-19(3)15-21-16-22(25(27)23(17-21)30-7)28(6)24(29)13-14-26(5)20(4)31-26;1-2/h9-10,12,16-18,20H,8,11,13-15H2,1-7H3;1-2H3/b10-9+,19-12+;. The third kappa shape index (κ3) is 8.83. The molecule has 33 heavy (non-hydrogen) atoms. The highest BCUT2D eigenvalue weighted by Crippen LogP contribution is 2.41. The molecular weight excluding hydrogens is 434 g/mol. The molecule has 1 aromatic rings. The van der Waals surface area contributed by atoms with Crippen LogP contribution in [0, 0.1) is 5.92 Å². The number of hydrogen-bond donors (Lipinski definition) is 0. The van der Waals surface area contributed by atoms with Crippen molar-refractivity contribution in [3.8, 4) is 5.75 Å². The highest BCUT2D eigenvalue weighted by atomic mass is 35.5. The predicted octanol–water partition coefficient (Wildman–Crippen LogP) is 7.78. The molecule has 0 bridgehead atoms. The van der Waals surface area contributed by atoms with Gasteiger partial charge >= 0.3 is 0 Å². The zero-order valence-corrected chi connectivity index (χ0v) is 22.9. The zero-order valence-electron chi connectivity index (χ0n) is 22.1. The summed E-state index contributed by atoms with van der Waals surface area (Å²) in [6.45, 7) is 14.7. The van der Waals surface area contributed by atoms with Gasteiger partial charge in [0.2, 0.25) is 5.91 Å². The van der Waals surface area contributed by atoms with Crippen LogP contribution in [0.5, 0.6) is 5.75 Å². The second kappa shape index (κ2) is 13.8. The molecule has 0 aromatic heterocycles. The first-order chi connectivity index (χ1) is 15.6. The Morgan fingerprint density at radius 3 is 2.55 bits per heavy atom. The molecule has 4 nitrogen and oxygen atoms in total. The second-order valence-electron chi connectivity index (χ2n) is 9.02. The monoisotopic (exact) mass is 477 g/mol. The molecule has 0 spiro atoms. The van der Waals surface area contributed by atoms with E-state index in [9.17, 15) is 4.79 Å². The Balaban J connectivity index is 0.00000265. The lowest BCUT2D eigenvalue weighted by atomic mass is 10.0. The van der Waals surface area contributed by atoms with Gasteiger partial charge in [-0.25, -0.2) is 0 Å². The fourth-order valence-corrected chi connectivity index (χ4v) is 3.83. The number of nitrogens with zero attached hydrogens (tertiary/aromatic N) is 1. The third-order valence-corrected chi connectivity index (χ3v) is 6.73. The topological polar surface area (TPSA) is 42.1 Å². The lowest BCUT2D eigenvalue weighted by molar-refractivity contribution is -0.118. The van der Waals surface area contributed by atoms with Crippen molar-refractivity contribution in [3.05, 3.63) is 46.5 Å². The average Bonchev–Trinajstić information content (AvgIpc) is 3.42. The number of anilines is 1. The Morgan fingerprint density at radius 2 is 2.00 bits per heavy atom. The number of halogens is 1. The molecule has 3 atom stereocenters. The van der Waals surface area contributed by atoms with Gasteiger partial charge in [0.25, 0.3) is 0 Å². The van der Waals surface area contributed by atoms with Crippen LogP contribution >= 0.6 is 11.6 Å². The van der Waals surface area contributed by atoms with E-state index in [-0.39, 0.29) is 17.6 Å². The smallest absolute Gasteiger partial charge is 0.226 e. The molecule has 1 fully saturated rings. The molecular formula is C28H44ClNO3. The van der Waals surface area contributed by atoms with E-state index < -0.39 is 0 Å². The number of allylic oxidation sites excluding steroid dienone is 4. The Labute approximate surface area is 207 Å². The molecule has 0 aliphatic carbocycles. The number of ether oxygens (including phenoxy) is 2. The Bertz CT molecular complexity index is 833. The van der Waals surface area contributed by atoms with Crippen LogP contribution in [0.4, 0.5) is 5.69 Å². The minimum absolute atomic E-state index is 0.0188. The van der Waals surface area contributed by atoms with Crippen LogP contribution in [-0.4, -0.2) is 31.8 Å². The van der Waals surface area contributed by atoms with E-state index in [0.717, 1.165) is 18.4 Å². The van der Waals surface area contributed by atoms with Crippen LogP contribution in [0.2, 0.25) is 5.02 Å². The van der Waals surface area contributed by atoms with Gasteiger partial charge < -0.3 is 14.4 Å². The fraction of sp³-hybridized carbons (Fsp3) is 0.607. The molecule has 1 aliphatic rings. The van der Waals surface area contributed by atoms with Gasteiger partial charge in [0.05, 0.1) is 24.5 Å². The molecule has 0 saturated carbocycles. The SMILES string of the molecule is CC.CCC(C)C/C=C/C=C(\C)Cc1cc(OC)c(Cl)c(N(C)C(=O)CCC2(C)OC2C)c1. The molecule has 1 aromatic carbocycles. The summed E-state index contributed by atoms with van der Waals surface area (Å²) in [5.74, 6) is 1.31. The number of carbonyl (C=O) groups is 1. The molecule has 1 heterocycles. The van der Waals surface area contributed by atoms with Crippen molar-refractivity contribution in [1.29, 1.82) is 0 Å². The van der Waals surface area contributed by atoms with E-state index in [2.05, 4.69) is 39.0 Å². The van der Waals surface area contributed by atoms with Crippen molar-refractivity contribution in [2.75, 3.05) is 19.1 Å². The quantitative estimate of drug-likeness (QED) is 0.241. The van der Waals surface area contributed by atoms with Crippen LogP contribution in [0.15, 0.2) is 35.9 Å². The first-order valence-corrected chi connectivity index (χ1v) is 12.6. The highest BCUT2D eigenvalue weighted by molar-refractivity contribution is 6.35. The van der Waals surface area contributed by atoms with Crippen LogP contribution < -0.4 is 9.64 Å². The van der Waals surface area contributed by atoms with Gasteiger partial charge in [-0.2, -0.15) is 0 Å². The summed E-state index contributed by atoms with van der Waals surface area (Å²) in [4.78, 5) is 14.4. The van der Waals surface area contributed by atoms with Crippen LogP contribution in [-0.2, 0) is 16.0 Å². The van der Waals surface area contributed by atoms with Gasteiger partial charge in [0.1, 0.15) is 10.8 Å². The number of methoxy groups -OCH3 is 1. The van der Waals surface area contributed by atoms with Gasteiger partial charge in [-0.15, -0.1) is 0 Å². The molecule has 3 unspecified atom stereocenters. The lowest BCUT2D eigenvalue weighted by Gasteiger charge is -2.22. The minimum Gasteiger partial charge on any atom is -0.495 e. The largest absolute Gasteiger partial charge is 0.495 e. The second-order valence-corrected chi connectivity index (χ2v) is 9.40. The van der Waals surface area contributed by atoms with Crippen molar-refractivity contribution < 1.29 is 14.3 Å². The average molecular weight is 478 g/mol. The number of carbonyl (C=O) groups excluding carboxylic acids is 1. The normalized spacial score (nSPS) is 20.8. The first kappa shape index (κ1) is 29.3. The maximum absolute atomic E-state index is 12.8. The van der Waals surface area contributed by atoms with Crippen molar-refractivity contribution in [2.24, 2.45) is 5.92 Å². The number of amides is 1. The zero-order chi connectivity index (χ0) is 25.2. The van der Waals surface area contributed by atoms with Gasteiger partial charge in [-0.05, 0) is 63.6 Å². The summed E-state index contributed by atoms with van der Waals surface area (Å²) in [5.41, 5.74) is 2.80. The van der Waals surface area contributed by atoms with Gasteiger partial charge in [-0.1, -0.05) is 69.5 Å². The van der Waals surface area contributed by atoms with Gasteiger partial charge in [-0.3, -0.25) is 4.79 Å². The van der Waals surface area contributed by atoms with E-state index >= 15 is 0 Å². The van der Waals surface area contributed by atoms with Gasteiger partial charge in [0.15, 0.2) is 0 Å². The molecule has 0 N–H and O–H groups in total. The maximum atomic E-state index is 12.8. The highest BCUT2D eigenvalue weighted by Gasteiger charge is 2.48. The van der Waals surface area contributed by atoms with E-state index in [1.54, 1.807) is 19.1 Å². The molecule has 1 aliphatic heterocycles. The first-order valence-electron chi connectivity index (χ1n) is 12.2.